The van der Waals surface area contributed by atoms with Gasteiger partial charge in [0, 0.05) is 0 Å². The lowest BCUT2D eigenvalue weighted by molar-refractivity contribution is 0.603. The maximum atomic E-state index is 12.7. The van der Waals surface area contributed by atoms with Gasteiger partial charge in [-0.3, -0.25) is 0 Å². The Morgan fingerprint density at radius 3 is 2.11 bits per heavy atom. The van der Waals surface area contributed by atoms with Crippen molar-refractivity contribution in [3.05, 3.63) is 41.5 Å². The van der Waals surface area contributed by atoms with Crippen molar-refractivity contribution in [2.24, 2.45) is 0 Å². The highest BCUT2D eigenvalue weighted by Gasteiger charge is 2.45. The van der Waals surface area contributed by atoms with E-state index in [0.717, 1.165) is 11.1 Å². The Labute approximate surface area is 111 Å². The first-order valence-corrected chi connectivity index (χ1v) is 11.4. The largest absolute Gasteiger partial charge is 0.224 e. The van der Waals surface area contributed by atoms with Gasteiger partial charge in [0.2, 0.25) is 0 Å². The lowest BCUT2D eigenvalue weighted by Gasteiger charge is -2.24. The number of sulfone groups is 1. The van der Waals surface area contributed by atoms with Crippen molar-refractivity contribution in [1.82, 2.24) is 0 Å². The van der Waals surface area contributed by atoms with Crippen molar-refractivity contribution in [3.8, 4) is 0 Å². The summed E-state index contributed by atoms with van der Waals surface area (Å²) < 4.78 is 25.5. The fourth-order valence-electron chi connectivity index (χ4n) is 2.64. The summed E-state index contributed by atoms with van der Waals surface area (Å²) in [5.74, 6) is 0. The summed E-state index contributed by atoms with van der Waals surface area (Å²) in [6, 6.07) is 9.49. The molecule has 0 saturated heterocycles. The van der Waals surface area contributed by atoms with E-state index >= 15 is 0 Å². The topological polar surface area (TPSA) is 34.1 Å². The molecular formula is C14H20O2SSi. The van der Waals surface area contributed by atoms with Crippen LogP contribution in [0.2, 0.25) is 19.6 Å². The van der Waals surface area contributed by atoms with E-state index in [1.54, 1.807) is 0 Å². The first kappa shape index (κ1) is 13.6. The van der Waals surface area contributed by atoms with Gasteiger partial charge in [0.15, 0.2) is 9.84 Å². The highest BCUT2D eigenvalue weighted by Crippen LogP contribution is 2.41. The molecule has 0 radical (unpaired) electrons. The summed E-state index contributed by atoms with van der Waals surface area (Å²) in [5.41, 5.74) is 1.87. The molecule has 0 saturated carbocycles. The Morgan fingerprint density at radius 1 is 1.11 bits per heavy atom. The fourth-order valence-corrected chi connectivity index (χ4v) is 9.42. The second kappa shape index (κ2) is 4.35. The molecule has 0 N–H and O–H groups in total. The van der Waals surface area contributed by atoms with Crippen molar-refractivity contribution in [1.29, 1.82) is 0 Å². The molecule has 2 rings (SSSR count). The van der Waals surface area contributed by atoms with E-state index in [1.165, 1.54) is 0 Å². The molecule has 1 aliphatic rings. The van der Waals surface area contributed by atoms with E-state index in [4.69, 9.17) is 0 Å². The number of rotatable bonds is 2. The molecule has 4 heteroatoms. The van der Waals surface area contributed by atoms with Crippen LogP contribution in [-0.2, 0) is 9.84 Å². The van der Waals surface area contributed by atoms with Crippen LogP contribution in [0.1, 0.15) is 18.9 Å². The number of hydrogen-bond donors (Lipinski definition) is 0. The average Bonchev–Trinajstić information content (AvgIpc) is 2.49. The van der Waals surface area contributed by atoms with Gasteiger partial charge >= 0.3 is 0 Å². The highest BCUT2D eigenvalue weighted by atomic mass is 32.2. The summed E-state index contributed by atoms with van der Waals surface area (Å²) in [6.45, 7) is 8.36. The van der Waals surface area contributed by atoms with Crippen LogP contribution in [0.15, 0.2) is 35.9 Å². The number of hydrogen-bond acceptors (Lipinski definition) is 2. The molecule has 1 atom stereocenters. The van der Waals surface area contributed by atoms with E-state index in [-0.39, 0.29) is 4.87 Å². The first-order chi connectivity index (χ1) is 8.24. The summed E-state index contributed by atoms with van der Waals surface area (Å²) in [4.78, 5) is 0.413. The van der Waals surface area contributed by atoms with Gasteiger partial charge in [0.25, 0.3) is 0 Å². The smallest absolute Gasteiger partial charge is 0.179 e. The van der Waals surface area contributed by atoms with Crippen molar-refractivity contribution < 1.29 is 8.42 Å². The summed E-state index contributed by atoms with van der Waals surface area (Å²) >= 11 is 0. The highest BCUT2D eigenvalue weighted by molar-refractivity contribution is 8.03. The zero-order chi connectivity index (χ0) is 13.6. The van der Waals surface area contributed by atoms with E-state index in [1.807, 2.05) is 37.3 Å². The minimum Gasteiger partial charge on any atom is -0.224 e. The van der Waals surface area contributed by atoms with Gasteiger partial charge in [-0.05, 0) is 18.9 Å². The van der Waals surface area contributed by atoms with Gasteiger partial charge in [0.05, 0.1) is 17.9 Å². The molecule has 1 aromatic carbocycles. The molecule has 1 heterocycles. The van der Waals surface area contributed by atoms with E-state index in [2.05, 4.69) is 19.6 Å². The van der Waals surface area contributed by atoms with Crippen molar-refractivity contribution >= 4 is 22.8 Å². The van der Waals surface area contributed by atoms with E-state index in [9.17, 15) is 8.42 Å². The van der Waals surface area contributed by atoms with Crippen LogP contribution >= 0.6 is 0 Å². The molecule has 18 heavy (non-hydrogen) atoms. The second-order valence-electron chi connectivity index (χ2n) is 6.08. The molecule has 1 aliphatic heterocycles. The minimum atomic E-state index is -3.15. The third-order valence-electron chi connectivity index (χ3n) is 3.54. The van der Waals surface area contributed by atoms with Crippen LogP contribution in [-0.4, -0.2) is 21.4 Å². The summed E-state index contributed by atoms with van der Waals surface area (Å²) in [6.07, 6.45) is 0.711. The minimum absolute atomic E-state index is 0.166. The van der Waals surface area contributed by atoms with Crippen molar-refractivity contribution in [3.63, 3.8) is 0 Å². The quantitative estimate of drug-likeness (QED) is 0.777. The molecule has 2 nitrogen and oxygen atoms in total. The predicted octanol–water partition coefficient (Wildman–Crippen LogP) is 3.48. The SMILES string of the molecule is CC1=C(c2ccccc2)S(=O)(=O)C([Si](C)(C)C)C1. The Morgan fingerprint density at radius 2 is 1.67 bits per heavy atom. The standard InChI is InChI=1S/C14H20O2SSi/c1-11-10-13(18(2,3)4)17(15,16)14(11)12-8-6-5-7-9-12/h5-9,13H,10H2,1-4H3. The van der Waals surface area contributed by atoms with Crippen LogP contribution in [0.25, 0.3) is 4.91 Å². The Kier molecular flexibility index (Phi) is 3.28. The lowest BCUT2D eigenvalue weighted by atomic mass is 10.1. The van der Waals surface area contributed by atoms with Gasteiger partial charge < -0.3 is 0 Å². The van der Waals surface area contributed by atoms with Gasteiger partial charge in [-0.15, -0.1) is 0 Å². The average molecular weight is 280 g/mol. The normalized spacial score (nSPS) is 23.4. The molecule has 0 aliphatic carbocycles. The predicted molar refractivity (Wildman–Crippen MR) is 79.7 cm³/mol. The number of benzene rings is 1. The van der Waals surface area contributed by atoms with Crippen LogP contribution in [0.3, 0.4) is 0 Å². The molecule has 1 aromatic rings. The molecule has 0 fully saturated rings. The zero-order valence-corrected chi connectivity index (χ0v) is 13.2. The van der Waals surface area contributed by atoms with E-state index < -0.39 is 17.9 Å². The van der Waals surface area contributed by atoms with Crippen LogP contribution < -0.4 is 0 Å². The maximum absolute atomic E-state index is 12.7. The molecular weight excluding hydrogens is 260 g/mol. The van der Waals surface area contributed by atoms with Gasteiger partial charge in [-0.25, -0.2) is 8.42 Å². The van der Waals surface area contributed by atoms with Gasteiger partial charge in [0.1, 0.15) is 0 Å². The monoisotopic (exact) mass is 280 g/mol. The van der Waals surface area contributed by atoms with Gasteiger partial charge in [-0.2, -0.15) is 0 Å². The summed E-state index contributed by atoms with van der Waals surface area (Å²) in [5, 5.41) is 0. The lowest BCUT2D eigenvalue weighted by Crippen LogP contribution is -2.41. The van der Waals surface area contributed by atoms with Crippen molar-refractivity contribution in [2.45, 2.75) is 37.9 Å². The Balaban J connectivity index is 2.54. The van der Waals surface area contributed by atoms with Gasteiger partial charge in [-0.1, -0.05) is 55.5 Å². The number of allylic oxidation sites excluding steroid dienone is 1. The van der Waals surface area contributed by atoms with Crippen LogP contribution in [0, 0.1) is 0 Å². The second-order valence-corrected chi connectivity index (χ2v) is 14.0. The Bertz CT molecular complexity index is 580. The third-order valence-corrected chi connectivity index (χ3v) is 10.8. The molecule has 0 spiro atoms. The molecule has 0 bridgehead atoms. The van der Waals surface area contributed by atoms with Crippen LogP contribution in [0.5, 0.6) is 0 Å². The molecule has 0 aromatic heterocycles. The maximum Gasteiger partial charge on any atom is 0.179 e. The molecule has 0 amide bonds. The first-order valence-electron chi connectivity index (χ1n) is 6.23. The van der Waals surface area contributed by atoms with E-state index in [0.29, 0.717) is 11.3 Å². The third kappa shape index (κ3) is 2.19. The van der Waals surface area contributed by atoms with Crippen LogP contribution in [0.4, 0.5) is 0 Å². The molecule has 1 unspecified atom stereocenters. The molecule has 98 valence electrons. The van der Waals surface area contributed by atoms with Crippen molar-refractivity contribution in [2.75, 3.05) is 0 Å². The Hall–Kier alpha value is -0.873. The fraction of sp³-hybridized carbons (Fsp3) is 0.429. The zero-order valence-electron chi connectivity index (χ0n) is 11.4. The summed E-state index contributed by atoms with van der Waals surface area (Å²) in [7, 11) is -4.85.